The molecular weight excluding hydrogens is 124 g/mol. The van der Waals surface area contributed by atoms with Gasteiger partial charge in [-0.3, -0.25) is 4.79 Å². The summed E-state index contributed by atoms with van der Waals surface area (Å²) >= 11 is 3.87. The van der Waals surface area contributed by atoms with Crippen LogP contribution in [0.15, 0.2) is 0 Å². The van der Waals surface area contributed by atoms with Gasteiger partial charge in [0.25, 0.3) is 0 Å². The first-order chi connectivity index (χ1) is 3.68. The molecular formula is C4H10N2OS. The monoisotopic (exact) mass is 134 g/mol. The van der Waals surface area contributed by atoms with Crippen LogP contribution in [0.2, 0.25) is 0 Å². The number of hydrogen-bond donors (Lipinski definition) is 3. The first-order valence-corrected chi connectivity index (χ1v) is 2.97. The van der Waals surface area contributed by atoms with Crippen LogP contribution < -0.4 is 11.5 Å². The Morgan fingerprint density at radius 2 is 2.25 bits per heavy atom. The van der Waals surface area contributed by atoms with E-state index in [1.165, 1.54) is 0 Å². The number of carbonyl (C=O) groups excluding carboxylic acids is 1. The zero-order chi connectivity index (χ0) is 6.57. The van der Waals surface area contributed by atoms with Crippen LogP contribution in [0.25, 0.3) is 0 Å². The van der Waals surface area contributed by atoms with E-state index in [4.69, 9.17) is 11.5 Å². The summed E-state index contributed by atoms with van der Waals surface area (Å²) in [5.41, 5.74) is 10.0. The summed E-state index contributed by atoms with van der Waals surface area (Å²) in [6.07, 6.45) is 0.554. The van der Waals surface area contributed by atoms with Gasteiger partial charge in [-0.05, 0) is 12.2 Å². The van der Waals surface area contributed by atoms with E-state index in [1.54, 1.807) is 0 Å². The minimum absolute atomic E-state index is 0.459. The van der Waals surface area contributed by atoms with Gasteiger partial charge in [0.05, 0.1) is 6.04 Å². The average Bonchev–Trinajstić information content (AvgIpc) is 1.67. The van der Waals surface area contributed by atoms with Crippen molar-refractivity contribution in [1.29, 1.82) is 0 Å². The third-order valence-electron chi connectivity index (χ3n) is 0.806. The van der Waals surface area contributed by atoms with E-state index in [2.05, 4.69) is 12.6 Å². The summed E-state index contributed by atoms with van der Waals surface area (Å²) in [4.78, 5) is 10.2. The lowest BCUT2D eigenvalue weighted by atomic mass is 10.2. The van der Waals surface area contributed by atoms with Gasteiger partial charge in [-0.25, -0.2) is 0 Å². The summed E-state index contributed by atoms with van der Waals surface area (Å²) in [5, 5.41) is 0. The van der Waals surface area contributed by atoms with Crippen molar-refractivity contribution in [2.24, 2.45) is 11.5 Å². The van der Waals surface area contributed by atoms with Crippen LogP contribution in [0.1, 0.15) is 6.42 Å². The number of nitrogens with two attached hydrogens (primary N) is 2. The standard InChI is InChI=1S/C4H10N2OS/c5-3(1-2-8)4(6)7/h3,8H,1-2,5H2,(H2,6,7). The molecule has 0 aliphatic rings. The average molecular weight is 134 g/mol. The van der Waals surface area contributed by atoms with Crippen molar-refractivity contribution in [1.82, 2.24) is 0 Å². The fourth-order valence-electron chi connectivity index (χ4n) is 0.281. The Kier molecular flexibility index (Phi) is 3.64. The van der Waals surface area contributed by atoms with Gasteiger partial charge in [-0.15, -0.1) is 0 Å². The van der Waals surface area contributed by atoms with Gasteiger partial charge in [0, 0.05) is 0 Å². The van der Waals surface area contributed by atoms with Crippen molar-refractivity contribution in [3.8, 4) is 0 Å². The molecule has 0 aromatic heterocycles. The molecule has 0 aromatic carbocycles. The summed E-state index contributed by atoms with van der Waals surface area (Å²) in [7, 11) is 0. The Morgan fingerprint density at radius 3 is 2.38 bits per heavy atom. The van der Waals surface area contributed by atoms with Crippen LogP contribution in [-0.4, -0.2) is 17.7 Å². The van der Waals surface area contributed by atoms with Crippen molar-refractivity contribution in [2.45, 2.75) is 12.5 Å². The minimum atomic E-state index is -0.521. The maximum absolute atomic E-state index is 10.2. The van der Waals surface area contributed by atoms with Crippen molar-refractivity contribution >= 4 is 18.5 Å². The van der Waals surface area contributed by atoms with Gasteiger partial charge in [0.2, 0.25) is 5.91 Å². The van der Waals surface area contributed by atoms with Gasteiger partial charge < -0.3 is 11.5 Å². The highest BCUT2D eigenvalue weighted by molar-refractivity contribution is 7.80. The fourth-order valence-corrected chi connectivity index (χ4v) is 0.560. The normalized spacial score (nSPS) is 13.2. The van der Waals surface area contributed by atoms with E-state index in [0.717, 1.165) is 0 Å². The Hall–Kier alpha value is -0.220. The quantitative estimate of drug-likeness (QED) is 0.439. The molecule has 8 heavy (non-hydrogen) atoms. The summed E-state index contributed by atoms with van der Waals surface area (Å²) in [6, 6.07) is -0.521. The summed E-state index contributed by atoms with van der Waals surface area (Å²) in [6.45, 7) is 0. The third-order valence-corrected chi connectivity index (χ3v) is 1.06. The first-order valence-electron chi connectivity index (χ1n) is 2.34. The number of amides is 1. The Balaban J connectivity index is 3.32. The highest BCUT2D eigenvalue weighted by atomic mass is 32.1. The molecule has 4 heteroatoms. The second-order valence-electron chi connectivity index (χ2n) is 1.52. The predicted molar refractivity (Wildman–Crippen MR) is 35.6 cm³/mol. The van der Waals surface area contributed by atoms with Gasteiger partial charge in [0.1, 0.15) is 0 Å². The molecule has 0 aromatic rings. The molecule has 0 aliphatic heterocycles. The molecule has 48 valence electrons. The second kappa shape index (κ2) is 3.74. The molecule has 1 amide bonds. The van der Waals surface area contributed by atoms with Gasteiger partial charge in [-0.1, -0.05) is 0 Å². The fraction of sp³-hybridized carbons (Fsp3) is 0.750. The molecule has 1 atom stereocenters. The summed E-state index contributed by atoms with van der Waals surface area (Å²) in [5.74, 6) is 0.142. The smallest absolute Gasteiger partial charge is 0.234 e. The van der Waals surface area contributed by atoms with Crippen molar-refractivity contribution in [3.05, 3.63) is 0 Å². The van der Waals surface area contributed by atoms with Crippen molar-refractivity contribution in [3.63, 3.8) is 0 Å². The molecule has 4 N–H and O–H groups in total. The molecule has 0 fully saturated rings. The minimum Gasteiger partial charge on any atom is -0.368 e. The predicted octanol–water partition coefficient (Wildman–Crippen LogP) is -0.881. The van der Waals surface area contributed by atoms with E-state index in [9.17, 15) is 4.79 Å². The van der Waals surface area contributed by atoms with E-state index in [-0.39, 0.29) is 0 Å². The van der Waals surface area contributed by atoms with Crippen molar-refractivity contribution in [2.75, 3.05) is 5.75 Å². The van der Waals surface area contributed by atoms with Crippen LogP contribution in [0, 0.1) is 0 Å². The van der Waals surface area contributed by atoms with Crippen LogP contribution in [0.5, 0.6) is 0 Å². The van der Waals surface area contributed by atoms with E-state index < -0.39 is 11.9 Å². The van der Waals surface area contributed by atoms with E-state index >= 15 is 0 Å². The topological polar surface area (TPSA) is 69.1 Å². The molecule has 0 saturated heterocycles. The van der Waals surface area contributed by atoms with Crippen molar-refractivity contribution < 1.29 is 4.79 Å². The number of hydrogen-bond acceptors (Lipinski definition) is 3. The third kappa shape index (κ3) is 2.87. The van der Waals surface area contributed by atoms with Gasteiger partial charge >= 0.3 is 0 Å². The van der Waals surface area contributed by atoms with E-state index in [0.29, 0.717) is 12.2 Å². The van der Waals surface area contributed by atoms with Crippen LogP contribution in [-0.2, 0) is 4.79 Å². The van der Waals surface area contributed by atoms with Gasteiger partial charge in [-0.2, -0.15) is 12.6 Å². The van der Waals surface area contributed by atoms with Crippen LogP contribution >= 0.6 is 12.6 Å². The second-order valence-corrected chi connectivity index (χ2v) is 1.97. The largest absolute Gasteiger partial charge is 0.368 e. The maximum Gasteiger partial charge on any atom is 0.234 e. The highest BCUT2D eigenvalue weighted by Gasteiger charge is 2.05. The maximum atomic E-state index is 10.2. The van der Waals surface area contributed by atoms with E-state index in [1.807, 2.05) is 0 Å². The first kappa shape index (κ1) is 7.78. The molecule has 0 rings (SSSR count). The molecule has 3 nitrogen and oxygen atoms in total. The zero-order valence-electron chi connectivity index (χ0n) is 4.50. The van der Waals surface area contributed by atoms with Gasteiger partial charge in [0.15, 0.2) is 0 Å². The molecule has 0 bridgehead atoms. The molecule has 0 saturated carbocycles. The van der Waals surface area contributed by atoms with Crippen LogP contribution in [0.4, 0.5) is 0 Å². The highest BCUT2D eigenvalue weighted by Crippen LogP contribution is 1.87. The number of carbonyl (C=O) groups is 1. The Morgan fingerprint density at radius 1 is 1.75 bits per heavy atom. The number of rotatable bonds is 3. The molecule has 0 radical (unpaired) electrons. The lowest BCUT2D eigenvalue weighted by Gasteiger charge is -2.01. The lowest BCUT2D eigenvalue weighted by Crippen LogP contribution is -2.36. The summed E-state index contributed by atoms with van der Waals surface area (Å²) < 4.78 is 0. The Bertz CT molecular complexity index is 86.1. The Labute approximate surface area is 53.8 Å². The lowest BCUT2D eigenvalue weighted by molar-refractivity contribution is -0.119. The molecule has 0 spiro atoms. The number of thiol groups is 1. The zero-order valence-corrected chi connectivity index (χ0v) is 5.40. The molecule has 1 unspecified atom stereocenters. The molecule has 0 heterocycles. The SMILES string of the molecule is NC(=O)C(N)CCS. The van der Waals surface area contributed by atoms with Crippen LogP contribution in [0.3, 0.4) is 0 Å². The number of primary amides is 1. The molecule has 0 aliphatic carbocycles.